The van der Waals surface area contributed by atoms with E-state index in [1.54, 1.807) is 0 Å². The van der Waals surface area contributed by atoms with E-state index < -0.39 is 0 Å². The number of rotatable bonds is 4. The lowest BCUT2D eigenvalue weighted by Gasteiger charge is -2.19. The van der Waals surface area contributed by atoms with Gasteiger partial charge in [0, 0.05) is 17.5 Å². The largest absolute Gasteiger partial charge is 0.327 e. The van der Waals surface area contributed by atoms with E-state index in [-0.39, 0.29) is 5.41 Å². The SMILES string of the molecule is CC(N)CSCc1ccc(C(C)(C)C)cc1. The van der Waals surface area contributed by atoms with Crippen molar-refractivity contribution < 1.29 is 0 Å². The highest BCUT2D eigenvalue weighted by atomic mass is 32.2. The predicted molar refractivity (Wildman–Crippen MR) is 75.0 cm³/mol. The summed E-state index contributed by atoms with van der Waals surface area (Å²) in [6.07, 6.45) is 0. The molecule has 0 aliphatic heterocycles. The number of benzene rings is 1. The van der Waals surface area contributed by atoms with Gasteiger partial charge in [0.2, 0.25) is 0 Å². The normalized spacial score (nSPS) is 13.8. The quantitative estimate of drug-likeness (QED) is 0.866. The number of thioether (sulfide) groups is 1. The van der Waals surface area contributed by atoms with Crippen molar-refractivity contribution in [3.63, 3.8) is 0 Å². The second-order valence-electron chi connectivity index (χ2n) is 5.44. The summed E-state index contributed by atoms with van der Waals surface area (Å²) in [4.78, 5) is 0. The standard InChI is InChI=1S/C14H23NS/c1-11(15)9-16-10-12-5-7-13(8-6-12)14(2,3)4/h5-8,11H,9-10,15H2,1-4H3. The molecule has 2 N–H and O–H groups in total. The van der Waals surface area contributed by atoms with Gasteiger partial charge in [0.25, 0.3) is 0 Å². The Balaban J connectivity index is 2.52. The van der Waals surface area contributed by atoms with Crippen LogP contribution in [0.4, 0.5) is 0 Å². The van der Waals surface area contributed by atoms with Crippen LogP contribution in [-0.4, -0.2) is 11.8 Å². The smallest absolute Gasteiger partial charge is 0.0185 e. The lowest BCUT2D eigenvalue weighted by molar-refractivity contribution is 0.590. The summed E-state index contributed by atoms with van der Waals surface area (Å²) < 4.78 is 0. The van der Waals surface area contributed by atoms with Gasteiger partial charge in [-0.25, -0.2) is 0 Å². The van der Waals surface area contributed by atoms with Gasteiger partial charge in [0.15, 0.2) is 0 Å². The molecule has 0 bridgehead atoms. The van der Waals surface area contributed by atoms with Crippen LogP contribution in [-0.2, 0) is 11.2 Å². The number of hydrogen-bond acceptors (Lipinski definition) is 2. The number of nitrogens with two attached hydrogens (primary N) is 1. The van der Waals surface area contributed by atoms with Crippen molar-refractivity contribution in [2.75, 3.05) is 5.75 Å². The second kappa shape index (κ2) is 5.74. The molecule has 90 valence electrons. The maximum atomic E-state index is 5.72. The molecule has 0 aromatic heterocycles. The highest BCUT2D eigenvalue weighted by Gasteiger charge is 2.12. The highest BCUT2D eigenvalue weighted by molar-refractivity contribution is 7.98. The molecule has 0 fully saturated rings. The fourth-order valence-electron chi connectivity index (χ4n) is 1.46. The Hall–Kier alpha value is -0.470. The van der Waals surface area contributed by atoms with Gasteiger partial charge in [-0.2, -0.15) is 11.8 Å². The van der Waals surface area contributed by atoms with Crippen molar-refractivity contribution in [2.45, 2.75) is 44.9 Å². The third-order valence-corrected chi connectivity index (χ3v) is 3.77. The van der Waals surface area contributed by atoms with E-state index in [9.17, 15) is 0 Å². The molecule has 1 rings (SSSR count). The molecular formula is C14H23NS. The van der Waals surface area contributed by atoms with E-state index in [1.165, 1.54) is 11.1 Å². The van der Waals surface area contributed by atoms with Crippen molar-refractivity contribution in [1.82, 2.24) is 0 Å². The van der Waals surface area contributed by atoms with E-state index >= 15 is 0 Å². The maximum absolute atomic E-state index is 5.72. The average Bonchev–Trinajstić information content (AvgIpc) is 2.16. The van der Waals surface area contributed by atoms with Crippen LogP contribution < -0.4 is 5.73 Å². The van der Waals surface area contributed by atoms with Crippen LogP contribution in [0.2, 0.25) is 0 Å². The zero-order valence-electron chi connectivity index (χ0n) is 10.8. The molecule has 0 saturated heterocycles. The topological polar surface area (TPSA) is 26.0 Å². The molecule has 0 spiro atoms. The molecule has 1 atom stereocenters. The summed E-state index contributed by atoms with van der Waals surface area (Å²) >= 11 is 1.90. The van der Waals surface area contributed by atoms with Gasteiger partial charge in [0.05, 0.1) is 0 Å². The van der Waals surface area contributed by atoms with Gasteiger partial charge in [0.1, 0.15) is 0 Å². The minimum atomic E-state index is 0.247. The molecule has 2 heteroatoms. The van der Waals surface area contributed by atoms with Gasteiger partial charge >= 0.3 is 0 Å². The van der Waals surface area contributed by atoms with Crippen LogP contribution in [0.1, 0.15) is 38.8 Å². The highest BCUT2D eigenvalue weighted by Crippen LogP contribution is 2.23. The molecule has 1 aromatic carbocycles. The van der Waals surface area contributed by atoms with E-state index in [0.29, 0.717) is 6.04 Å². The van der Waals surface area contributed by atoms with Crippen LogP contribution in [0, 0.1) is 0 Å². The Morgan fingerprint density at radius 3 is 2.19 bits per heavy atom. The Labute approximate surface area is 104 Å². The fraction of sp³-hybridized carbons (Fsp3) is 0.571. The number of hydrogen-bond donors (Lipinski definition) is 1. The van der Waals surface area contributed by atoms with Crippen LogP contribution in [0.15, 0.2) is 24.3 Å². The molecule has 0 heterocycles. The van der Waals surface area contributed by atoms with E-state index in [2.05, 4.69) is 52.0 Å². The monoisotopic (exact) mass is 237 g/mol. The summed E-state index contributed by atoms with van der Waals surface area (Å²) in [6.45, 7) is 8.78. The fourth-order valence-corrected chi connectivity index (χ4v) is 2.38. The Bertz CT molecular complexity index is 309. The molecule has 0 saturated carbocycles. The zero-order valence-corrected chi connectivity index (χ0v) is 11.6. The summed E-state index contributed by atoms with van der Waals surface area (Å²) in [7, 11) is 0. The van der Waals surface area contributed by atoms with Crippen LogP contribution in [0.5, 0.6) is 0 Å². The molecule has 0 aliphatic rings. The third-order valence-electron chi connectivity index (χ3n) is 2.47. The minimum Gasteiger partial charge on any atom is -0.327 e. The molecule has 0 radical (unpaired) electrons. The van der Waals surface area contributed by atoms with Crippen LogP contribution >= 0.6 is 11.8 Å². The zero-order chi connectivity index (χ0) is 12.2. The lowest BCUT2D eigenvalue weighted by Crippen LogP contribution is -2.17. The van der Waals surface area contributed by atoms with Crippen molar-refractivity contribution >= 4 is 11.8 Å². The molecule has 1 unspecified atom stereocenters. The first kappa shape index (κ1) is 13.6. The summed E-state index contributed by atoms with van der Waals surface area (Å²) in [5.74, 6) is 2.09. The molecule has 0 amide bonds. The van der Waals surface area contributed by atoms with E-state index in [1.807, 2.05) is 11.8 Å². The summed E-state index contributed by atoms with van der Waals surface area (Å²) in [5.41, 5.74) is 8.75. The first-order valence-corrected chi connectivity index (χ1v) is 6.98. The molecule has 1 nitrogen and oxygen atoms in total. The van der Waals surface area contributed by atoms with Crippen molar-refractivity contribution in [3.05, 3.63) is 35.4 Å². The van der Waals surface area contributed by atoms with E-state index in [4.69, 9.17) is 5.73 Å². The molecular weight excluding hydrogens is 214 g/mol. The van der Waals surface area contributed by atoms with Crippen molar-refractivity contribution in [2.24, 2.45) is 5.73 Å². The third kappa shape index (κ3) is 4.58. The molecule has 1 aromatic rings. The van der Waals surface area contributed by atoms with Crippen LogP contribution in [0.25, 0.3) is 0 Å². The van der Waals surface area contributed by atoms with Gasteiger partial charge in [-0.3, -0.25) is 0 Å². The van der Waals surface area contributed by atoms with E-state index in [0.717, 1.165) is 11.5 Å². The Kier molecular flexibility index (Phi) is 4.88. The van der Waals surface area contributed by atoms with Gasteiger partial charge in [-0.05, 0) is 23.5 Å². The van der Waals surface area contributed by atoms with Crippen molar-refractivity contribution in [3.8, 4) is 0 Å². The first-order chi connectivity index (χ1) is 7.39. The maximum Gasteiger partial charge on any atom is 0.0185 e. The second-order valence-corrected chi connectivity index (χ2v) is 6.47. The Morgan fingerprint density at radius 1 is 1.19 bits per heavy atom. The minimum absolute atomic E-state index is 0.247. The molecule has 0 aliphatic carbocycles. The molecule has 16 heavy (non-hydrogen) atoms. The summed E-state index contributed by atoms with van der Waals surface area (Å²) in [5, 5.41) is 0. The van der Waals surface area contributed by atoms with Gasteiger partial charge < -0.3 is 5.73 Å². The van der Waals surface area contributed by atoms with Gasteiger partial charge in [-0.1, -0.05) is 45.0 Å². The predicted octanol–water partition coefficient (Wildman–Crippen LogP) is 3.56. The summed E-state index contributed by atoms with van der Waals surface area (Å²) in [6, 6.07) is 9.23. The average molecular weight is 237 g/mol. The van der Waals surface area contributed by atoms with Crippen molar-refractivity contribution in [1.29, 1.82) is 0 Å². The van der Waals surface area contributed by atoms with Gasteiger partial charge in [-0.15, -0.1) is 0 Å². The lowest BCUT2D eigenvalue weighted by atomic mass is 9.87. The van der Waals surface area contributed by atoms with Crippen LogP contribution in [0.3, 0.4) is 0 Å². The first-order valence-electron chi connectivity index (χ1n) is 5.82. The Morgan fingerprint density at radius 2 is 1.75 bits per heavy atom.